The zero-order valence-corrected chi connectivity index (χ0v) is 20.2. The summed E-state index contributed by atoms with van der Waals surface area (Å²) in [5.74, 6) is -0.0361. The lowest BCUT2D eigenvalue weighted by Crippen LogP contribution is -2.49. The molecule has 0 saturated carbocycles. The Labute approximate surface area is 201 Å². The van der Waals surface area contributed by atoms with Gasteiger partial charge in [-0.3, -0.25) is 14.4 Å². The fraction of sp³-hybridized carbons (Fsp3) is 0.444. The summed E-state index contributed by atoms with van der Waals surface area (Å²) in [5.41, 5.74) is 1.46. The van der Waals surface area contributed by atoms with Gasteiger partial charge in [0.1, 0.15) is 5.75 Å². The lowest BCUT2D eigenvalue weighted by atomic mass is 9.97. The molecule has 0 N–H and O–H groups in total. The van der Waals surface area contributed by atoms with Crippen molar-refractivity contribution < 1.29 is 23.9 Å². The van der Waals surface area contributed by atoms with Gasteiger partial charge in [-0.25, -0.2) is 0 Å². The maximum Gasteiger partial charge on any atom is 0.307 e. The first-order valence-corrected chi connectivity index (χ1v) is 11.8. The standard InChI is InChI=1S/C27H34N2O5/c1-20-8-7-9-21(2)29(20)25(30)19-34-24-14-12-23(13-15-24)27(32)28(17-16-26(31)33-3)18-22-10-5-4-6-11-22/h4-6,10-15,20-21H,7-9,16-19H2,1-3H3. The number of likely N-dealkylation sites (tertiary alicyclic amines) is 1. The van der Waals surface area contributed by atoms with Crippen LogP contribution in [0.2, 0.25) is 0 Å². The number of ether oxygens (including phenoxy) is 2. The summed E-state index contributed by atoms with van der Waals surface area (Å²) in [6.45, 7) is 4.76. The van der Waals surface area contributed by atoms with E-state index >= 15 is 0 Å². The molecule has 7 heteroatoms. The number of rotatable bonds is 9. The molecule has 3 rings (SSSR count). The number of carbonyl (C=O) groups is 3. The Kier molecular flexibility index (Phi) is 9.08. The molecular weight excluding hydrogens is 432 g/mol. The Hall–Kier alpha value is -3.35. The number of hydrogen-bond acceptors (Lipinski definition) is 5. The first kappa shape index (κ1) is 25.3. The molecule has 1 aliphatic rings. The van der Waals surface area contributed by atoms with E-state index in [1.54, 1.807) is 29.2 Å². The van der Waals surface area contributed by atoms with Gasteiger partial charge in [-0.2, -0.15) is 0 Å². The van der Waals surface area contributed by atoms with Crippen LogP contribution in [-0.4, -0.2) is 59.9 Å². The average Bonchev–Trinajstić information content (AvgIpc) is 2.85. The van der Waals surface area contributed by atoms with E-state index in [-0.39, 0.29) is 49.4 Å². The van der Waals surface area contributed by atoms with E-state index in [1.807, 2.05) is 35.2 Å². The van der Waals surface area contributed by atoms with Crippen molar-refractivity contribution >= 4 is 17.8 Å². The summed E-state index contributed by atoms with van der Waals surface area (Å²) < 4.78 is 10.5. The second-order valence-electron chi connectivity index (χ2n) is 8.78. The molecule has 1 saturated heterocycles. The lowest BCUT2D eigenvalue weighted by Gasteiger charge is -2.38. The second-order valence-corrected chi connectivity index (χ2v) is 8.78. The Morgan fingerprint density at radius 3 is 2.24 bits per heavy atom. The first-order chi connectivity index (χ1) is 16.4. The van der Waals surface area contributed by atoms with Gasteiger partial charge < -0.3 is 19.3 Å². The minimum Gasteiger partial charge on any atom is -0.484 e. The number of benzene rings is 2. The quantitative estimate of drug-likeness (QED) is 0.521. The predicted molar refractivity (Wildman–Crippen MR) is 129 cm³/mol. The van der Waals surface area contributed by atoms with Gasteiger partial charge in [0.05, 0.1) is 13.5 Å². The van der Waals surface area contributed by atoms with Crippen LogP contribution in [0.1, 0.15) is 55.5 Å². The Balaban J connectivity index is 1.62. The van der Waals surface area contributed by atoms with E-state index in [4.69, 9.17) is 9.47 Å². The molecular formula is C27H34N2O5. The molecule has 0 aliphatic carbocycles. The molecule has 7 nitrogen and oxygen atoms in total. The molecule has 2 atom stereocenters. The summed E-state index contributed by atoms with van der Waals surface area (Å²) in [6, 6.07) is 16.8. The predicted octanol–water partition coefficient (Wildman–Crippen LogP) is 4.06. The van der Waals surface area contributed by atoms with E-state index in [0.29, 0.717) is 17.9 Å². The van der Waals surface area contributed by atoms with Crippen molar-refractivity contribution in [2.24, 2.45) is 0 Å². The van der Waals surface area contributed by atoms with Crippen LogP contribution < -0.4 is 4.74 Å². The smallest absolute Gasteiger partial charge is 0.307 e. The van der Waals surface area contributed by atoms with E-state index in [0.717, 1.165) is 24.8 Å². The van der Waals surface area contributed by atoms with Gasteiger partial charge in [0.25, 0.3) is 11.8 Å². The number of carbonyl (C=O) groups excluding carboxylic acids is 3. The van der Waals surface area contributed by atoms with E-state index in [1.165, 1.54) is 7.11 Å². The minimum absolute atomic E-state index is 0.0169. The second kappa shape index (κ2) is 12.2. The van der Waals surface area contributed by atoms with Crippen molar-refractivity contribution in [3.05, 3.63) is 65.7 Å². The van der Waals surface area contributed by atoms with Gasteiger partial charge in [0.15, 0.2) is 6.61 Å². The Bertz CT molecular complexity index is 951. The molecule has 2 unspecified atom stereocenters. The SMILES string of the molecule is COC(=O)CCN(Cc1ccccc1)C(=O)c1ccc(OCC(=O)N2C(C)CCCC2C)cc1. The Morgan fingerprint density at radius 1 is 0.971 bits per heavy atom. The van der Waals surface area contributed by atoms with E-state index in [9.17, 15) is 14.4 Å². The highest BCUT2D eigenvalue weighted by atomic mass is 16.5. The molecule has 182 valence electrons. The largest absolute Gasteiger partial charge is 0.484 e. The molecule has 2 aromatic carbocycles. The van der Waals surface area contributed by atoms with Gasteiger partial charge >= 0.3 is 5.97 Å². The van der Waals surface area contributed by atoms with Crippen LogP contribution in [0.5, 0.6) is 5.75 Å². The maximum absolute atomic E-state index is 13.2. The zero-order valence-electron chi connectivity index (χ0n) is 20.2. The zero-order chi connectivity index (χ0) is 24.5. The minimum atomic E-state index is -0.364. The highest BCUT2D eigenvalue weighted by Crippen LogP contribution is 2.23. The van der Waals surface area contributed by atoms with Crippen LogP contribution in [0.3, 0.4) is 0 Å². The highest BCUT2D eigenvalue weighted by molar-refractivity contribution is 5.94. The molecule has 0 radical (unpaired) electrons. The summed E-state index contributed by atoms with van der Waals surface area (Å²) in [5, 5.41) is 0. The third-order valence-electron chi connectivity index (χ3n) is 6.26. The fourth-order valence-electron chi connectivity index (χ4n) is 4.39. The van der Waals surface area contributed by atoms with Crippen molar-refractivity contribution in [1.29, 1.82) is 0 Å². The number of amides is 2. The van der Waals surface area contributed by atoms with Gasteiger partial charge in [-0.05, 0) is 62.9 Å². The monoisotopic (exact) mass is 466 g/mol. The highest BCUT2D eigenvalue weighted by Gasteiger charge is 2.29. The molecule has 2 amide bonds. The summed E-state index contributed by atoms with van der Waals surface area (Å²) in [7, 11) is 1.34. The normalized spacial score (nSPS) is 17.7. The van der Waals surface area contributed by atoms with Gasteiger partial charge in [-0.15, -0.1) is 0 Å². The molecule has 0 bridgehead atoms. The third kappa shape index (κ3) is 6.83. The van der Waals surface area contributed by atoms with Crippen LogP contribution >= 0.6 is 0 Å². The summed E-state index contributed by atoms with van der Waals surface area (Å²) in [6.07, 6.45) is 3.29. The number of esters is 1. The number of methoxy groups -OCH3 is 1. The molecule has 2 aromatic rings. The van der Waals surface area contributed by atoms with Crippen LogP contribution in [-0.2, 0) is 20.9 Å². The van der Waals surface area contributed by atoms with Gasteiger partial charge in [-0.1, -0.05) is 30.3 Å². The van der Waals surface area contributed by atoms with Crippen LogP contribution in [0.25, 0.3) is 0 Å². The molecule has 0 aromatic heterocycles. The number of nitrogens with zero attached hydrogens (tertiary/aromatic N) is 2. The van der Waals surface area contributed by atoms with Crippen LogP contribution in [0.15, 0.2) is 54.6 Å². The molecule has 34 heavy (non-hydrogen) atoms. The average molecular weight is 467 g/mol. The topological polar surface area (TPSA) is 76.1 Å². The van der Waals surface area contributed by atoms with E-state index < -0.39 is 0 Å². The number of piperidine rings is 1. The van der Waals surface area contributed by atoms with E-state index in [2.05, 4.69) is 13.8 Å². The van der Waals surface area contributed by atoms with Gasteiger partial charge in [0.2, 0.25) is 0 Å². The van der Waals surface area contributed by atoms with Crippen LogP contribution in [0, 0.1) is 0 Å². The Morgan fingerprint density at radius 2 is 1.62 bits per heavy atom. The van der Waals surface area contributed by atoms with Crippen molar-refractivity contribution in [3.63, 3.8) is 0 Å². The van der Waals surface area contributed by atoms with Crippen molar-refractivity contribution in [3.8, 4) is 5.75 Å². The summed E-state index contributed by atoms with van der Waals surface area (Å²) in [4.78, 5) is 41.1. The molecule has 1 fully saturated rings. The first-order valence-electron chi connectivity index (χ1n) is 11.8. The lowest BCUT2D eigenvalue weighted by molar-refractivity contribution is -0.141. The van der Waals surface area contributed by atoms with Crippen LogP contribution in [0.4, 0.5) is 0 Å². The maximum atomic E-state index is 13.2. The molecule has 0 spiro atoms. The third-order valence-corrected chi connectivity index (χ3v) is 6.26. The summed E-state index contributed by atoms with van der Waals surface area (Å²) >= 11 is 0. The van der Waals surface area contributed by atoms with Crippen molar-refractivity contribution in [2.45, 2.75) is 58.2 Å². The van der Waals surface area contributed by atoms with Gasteiger partial charge in [0, 0.05) is 30.7 Å². The number of hydrogen-bond donors (Lipinski definition) is 0. The molecule has 1 aliphatic heterocycles. The molecule has 1 heterocycles. The fourth-order valence-corrected chi connectivity index (χ4v) is 4.39. The van der Waals surface area contributed by atoms with Crippen molar-refractivity contribution in [1.82, 2.24) is 9.80 Å². The van der Waals surface area contributed by atoms with Crippen molar-refractivity contribution in [2.75, 3.05) is 20.3 Å².